The lowest BCUT2D eigenvalue weighted by atomic mass is 9.97. The maximum absolute atomic E-state index is 12.8. The average molecular weight is 389 g/mol. The molecule has 4 rings (SSSR count). The number of aliphatic imine (C=N–C) groups is 1. The van der Waals surface area contributed by atoms with Crippen molar-refractivity contribution in [1.29, 1.82) is 0 Å². The van der Waals surface area contributed by atoms with Crippen LogP contribution in [-0.4, -0.2) is 80.7 Å². The van der Waals surface area contributed by atoms with Gasteiger partial charge in [0.2, 0.25) is 0 Å². The maximum atomic E-state index is 12.8. The third-order valence-electron chi connectivity index (χ3n) is 5.05. The number of nitrogens with zero attached hydrogens (tertiary/aromatic N) is 2. The second-order valence-corrected chi connectivity index (χ2v) is 6.77. The topological polar surface area (TPSA) is 152 Å². The molecule has 0 bridgehead atoms. The third-order valence-corrected chi connectivity index (χ3v) is 5.05. The zero-order valence-electron chi connectivity index (χ0n) is 14.5. The highest BCUT2D eigenvalue weighted by Gasteiger charge is 2.51. The number of nitrogens with one attached hydrogen (secondary N) is 1. The number of hydrogen-bond acceptors (Lipinski definition) is 8. The molecule has 28 heavy (non-hydrogen) atoms. The first-order valence-electron chi connectivity index (χ1n) is 8.72. The molecular weight excluding hydrogens is 370 g/mol. The summed E-state index contributed by atoms with van der Waals surface area (Å²) in [6.45, 7) is -0.664. The van der Waals surface area contributed by atoms with E-state index in [4.69, 9.17) is 4.74 Å². The summed E-state index contributed by atoms with van der Waals surface area (Å²) in [6.07, 6.45) is -4.62. The van der Waals surface area contributed by atoms with E-state index in [0.717, 1.165) is 11.3 Å². The van der Waals surface area contributed by atoms with Gasteiger partial charge in [-0.1, -0.05) is 18.2 Å². The normalized spacial score (nSPS) is 36.1. The number of allylic oxidation sites excluding steroid dienone is 1. The lowest BCUT2D eigenvalue weighted by Crippen LogP contribution is -2.64. The molecule has 0 radical (unpaired) electrons. The Morgan fingerprint density at radius 3 is 2.64 bits per heavy atom. The number of imide groups is 1. The predicted molar refractivity (Wildman–Crippen MR) is 94.6 cm³/mol. The Kier molecular flexibility index (Phi) is 4.73. The van der Waals surface area contributed by atoms with Crippen molar-refractivity contribution in [2.75, 3.05) is 6.61 Å². The Morgan fingerprint density at radius 1 is 1.14 bits per heavy atom. The van der Waals surface area contributed by atoms with Gasteiger partial charge in [0.25, 0.3) is 5.91 Å². The second kappa shape index (κ2) is 7.08. The zero-order chi connectivity index (χ0) is 20.0. The van der Waals surface area contributed by atoms with E-state index in [9.17, 15) is 30.0 Å². The molecule has 148 valence electrons. The highest BCUT2D eigenvalue weighted by Crippen LogP contribution is 2.34. The van der Waals surface area contributed by atoms with Crippen LogP contribution in [0, 0.1) is 0 Å². The average Bonchev–Trinajstić information content (AvgIpc) is 3.22. The fraction of sp³-hybridized carbons (Fsp3) is 0.389. The van der Waals surface area contributed by atoms with Crippen LogP contribution in [0.3, 0.4) is 0 Å². The summed E-state index contributed by atoms with van der Waals surface area (Å²) < 4.78 is 5.31. The van der Waals surface area contributed by atoms with Crippen LogP contribution < -0.4 is 5.32 Å². The molecule has 2 fully saturated rings. The van der Waals surface area contributed by atoms with Gasteiger partial charge < -0.3 is 30.5 Å². The van der Waals surface area contributed by atoms with Crippen molar-refractivity contribution in [1.82, 2.24) is 10.2 Å². The van der Waals surface area contributed by atoms with E-state index >= 15 is 0 Å². The van der Waals surface area contributed by atoms with Crippen LogP contribution in [0.4, 0.5) is 10.5 Å². The quantitative estimate of drug-likeness (QED) is 0.319. The Balaban J connectivity index is 1.59. The van der Waals surface area contributed by atoms with Crippen molar-refractivity contribution in [2.24, 2.45) is 4.99 Å². The van der Waals surface area contributed by atoms with Gasteiger partial charge in [-0.25, -0.2) is 9.69 Å². The van der Waals surface area contributed by atoms with Gasteiger partial charge in [-0.3, -0.25) is 9.79 Å². The summed E-state index contributed by atoms with van der Waals surface area (Å²) >= 11 is 0. The minimum atomic E-state index is -1.74. The van der Waals surface area contributed by atoms with Gasteiger partial charge >= 0.3 is 6.03 Å². The van der Waals surface area contributed by atoms with Crippen molar-refractivity contribution < 1.29 is 34.8 Å². The first-order valence-corrected chi connectivity index (χ1v) is 8.72. The number of amides is 3. The van der Waals surface area contributed by atoms with E-state index in [2.05, 4.69) is 10.3 Å². The van der Waals surface area contributed by atoms with E-state index in [0.29, 0.717) is 4.90 Å². The van der Waals surface area contributed by atoms with E-state index < -0.39 is 49.2 Å². The highest BCUT2D eigenvalue weighted by atomic mass is 16.6. The minimum Gasteiger partial charge on any atom is -0.394 e. The fourth-order valence-corrected chi connectivity index (χ4v) is 3.53. The molecule has 0 aliphatic carbocycles. The molecule has 0 saturated carbocycles. The molecule has 3 aliphatic heterocycles. The lowest BCUT2D eigenvalue weighted by Gasteiger charge is -2.42. The summed E-state index contributed by atoms with van der Waals surface area (Å²) in [5, 5.41) is 41.7. The molecule has 1 aromatic carbocycles. The second-order valence-electron chi connectivity index (χ2n) is 6.77. The fourth-order valence-electron chi connectivity index (χ4n) is 3.53. The summed E-state index contributed by atoms with van der Waals surface area (Å²) in [6, 6.07) is 6.53. The van der Waals surface area contributed by atoms with Gasteiger partial charge in [0.1, 0.15) is 30.1 Å². The molecule has 0 spiro atoms. The first kappa shape index (κ1) is 18.7. The van der Waals surface area contributed by atoms with Crippen molar-refractivity contribution in [3.63, 3.8) is 0 Å². The largest absolute Gasteiger partial charge is 0.394 e. The van der Waals surface area contributed by atoms with Crippen LogP contribution >= 0.6 is 0 Å². The standard InChI is InChI=1S/C18H19N3O7/c22-7-12-13(23)14(24)15(25)17(28-12)21-16(26)11(20-18(21)27)5-8-6-19-10-4-2-1-3-9(8)10/h1-6,8,12-15,17,22-25H,7H2,(H,20,27)/b11-5-/t8?,12-,13+,14+,15-,17-/m1/s1. The van der Waals surface area contributed by atoms with Crippen LogP contribution in [0.1, 0.15) is 11.5 Å². The molecule has 3 aliphatic rings. The number of aliphatic hydroxyl groups excluding tert-OH is 4. The number of para-hydroxylation sites is 1. The van der Waals surface area contributed by atoms with Gasteiger partial charge in [0, 0.05) is 12.1 Å². The summed E-state index contributed by atoms with van der Waals surface area (Å²) in [4.78, 5) is 30.0. The van der Waals surface area contributed by atoms with Crippen LogP contribution in [0.25, 0.3) is 0 Å². The summed E-state index contributed by atoms with van der Waals surface area (Å²) in [5.41, 5.74) is 1.63. The lowest BCUT2D eigenvalue weighted by molar-refractivity contribution is -0.253. The van der Waals surface area contributed by atoms with Gasteiger partial charge in [0.05, 0.1) is 12.3 Å². The molecule has 10 nitrogen and oxygen atoms in total. The summed E-state index contributed by atoms with van der Waals surface area (Å²) in [7, 11) is 0. The predicted octanol–water partition coefficient (Wildman–Crippen LogP) is -1.28. The third kappa shape index (κ3) is 2.91. The van der Waals surface area contributed by atoms with Crippen LogP contribution in [-0.2, 0) is 9.53 Å². The van der Waals surface area contributed by atoms with Crippen molar-refractivity contribution in [2.45, 2.75) is 36.6 Å². The van der Waals surface area contributed by atoms with Crippen LogP contribution in [0.5, 0.6) is 0 Å². The molecule has 3 heterocycles. The first-order chi connectivity index (χ1) is 13.4. The number of fused-ring (bicyclic) bond motifs is 1. The number of carbonyl (C=O) groups is 2. The molecule has 0 aromatic heterocycles. The Morgan fingerprint density at radius 2 is 1.89 bits per heavy atom. The van der Waals surface area contributed by atoms with E-state index in [1.807, 2.05) is 24.3 Å². The monoisotopic (exact) mass is 389 g/mol. The van der Waals surface area contributed by atoms with Gasteiger partial charge in [-0.15, -0.1) is 0 Å². The van der Waals surface area contributed by atoms with Crippen molar-refractivity contribution >= 4 is 23.8 Å². The smallest absolute Gasteiger partial charge is 0.331 e. The number of benzene rings is 1. The molecule has 2 saturated heterocycles. The van der Waals surface area contributed by atoms with Crippen LogP contribution in [0.2, 0.25) is 0 Å². The molecule has 3 amide bonds. The van der Waals surface area contributed by atoms with E-state index in [1.165, 1.54) is 0 Å². The Labute approximate surface area is 159 Å². The highest BCUT2D eigenvalue weighted by molar-refractivity contribution is 6.12. The SMILES string of the molecule is O=C1N/C(=C\C2C=Nc3ccccc32)C(=O)N1[C@@H]1O[C@H](CO)[C@H](O)[C@H](O)[C@H]1O. The number of urea groups is 1. The number of hydrogen-bond donors (Lipinski definition) is 5. The number of ether oxygens (including phenoxy) is 1. The minimum absolute atomic E-state index is 0.0184. The summed E-state index contributed by atoms with van der Waals surface area (Å²) in [5.74, 6) is -1.07. The molecule has 6 atom stereocenters. The van der Waals surface area contributed by atoms with Gasteiger partial charge in [-0.2, -0.15) is 0 Å². The van der Waals surface area contributed by atoms with E-state index in [1.54, 1.807) is 12.3 Å². The molecule has 1 aromatic rings. The van der Waals surface area contributed by atoms with Crippen LogP contribution in [0.15, 0.2) is 41.0 Å². The molecule has 5 N–H and O–H groups in total. The zero-order valence-corrected chi connectivity index (χ0v) is 14.5. The molecule has 10 heteroatoms. The Hall–Kier alpha value is -2.63. The number of carbonyl (C=O) groups excluding carboxylic acids is 2. The molecular formula is C18H19N3O7. The number of aliphatic hydroxyl groups is 4. The maximum Gasteiger partial charge on any atom is 0.331 e. The van der Waals surface area contributed by atoms with Crippen molar-refractivity contribution in [3.8, 4) is 0 Å². The van der Waals surface area contributed by atoms with E-state index in [-0.39, 0.29) is 11.6 Å². The number of rotatable bonds is 3. The van der Waals surface area contributed by atoms with Gasteiger partial charge in [-0.05, 0) is 17.7 Å². The van der Waals surface area contributed by atoms with Gasteiger partial charge in [0.15, 0.2) is 6.23 Å². The Bertz CT molecular complexity index is 868. The van der Waals surface area contributed by atoms with Crippen molar-refractivity contribution in [3.05, 3.63) is 41.6 Å². The molecule has 1 unspecified atom stereocenters.